The molecule has 0 aromatic heterocycles. The third kappa shape index (κ3) is 4.73. The lowest BCUT2D eigenvalue weighted by atomic mass is 10.1. The second-order valence-corrected chi connectivity index (χ2v) is 6.56. The zero-order chi connectivity index (χ0) is 19.4. The van der Waals surface area contributed by atoms with Crippen LogP contribution in [0.25, 0.3) is 0 Å². The summed E-state index contributed by atoms with van der Waals surface area (Å²) in [5.74, 6) is -0.934. The van der Waals surface area contributed by atoms with E-state index < -0.39 is 10.8 Å². The lowest BCUT2D eigenvalue weighted by Gasteiger charge is -2.10. The van der Waals surface area contributed by atoms with E-state index in [0.29, 0.717) is 11.6 Å². The second-order valence-electron chi connectivity index (χ2n) is 6.15. The second kappa shape index (κ2) is 8.05. The lowest BCUT2D eigenvalue weighted by Crippen LogP contribution is -2.42. The molecule has 0 heterocycles. The predicted molar refractivity (Wildman–Crippen MR) is 100 cm³/mol. The summed E-state index contributed by atoms with van der Waals surface area (Å²) in [5.41, 5.74) is 5.47. The van der Waals surface area contributed by atoms with Gasteiger partial charge in [-0.1, -0.05) is 29.8 Å². The number of rotatable bonds is 6. The first-order valence-electron chi connectivity index (χ1n) is 8.31. The molecule has 0 bridgehead atoms. The molecule has 0 saturated heterocycles. The van der Waals surface area contributed by atoms with E-state index in [1.165, 1.54) is 12.1 Å². The van der Waals surface area contributed by atoms with Gasteiger partial charge in [0.15, 0.2) is 0 Å². The van der Waals surface area contributed by atoms with Gasteiger partial charge < -0.3 is 5.32 Å². The highest BCUT2D eigenvalue weighted by Gasteiger charge is 2.30. The number of benzene rings is 2. The lowest BCUT2D eigenvalue weighted by molar-refractivity contribution is -0.384. The summed E-state index contributed by atoms with van der Waals surface area (Å²) in [4.78, 5) is 34.5. The molecule has 3 rings (SSSR count). The van der Waals surface area contributed by atoms with Crippen LogP contribution in [0.2, 0.25) is 5.02 Å². The van der Waals surface area contributed by atoms with E-state index in [1.807, 2.05) is 12.1 Å². The molecule has 0 spiro atoms. The van der Waals surface area contributed by atoms with Gasteiger partial charge in [0, 0.05) is 29.1 Å². The van der Waals surface area contributed by atoms with Crippen molar-refractivity contribution in [3.8, 4) is 0 Å². The minimum absolute atomic E-state index is 0.0592. The van der Waals surface area contributed by atoms with Crippen molar-refractivity contribution in [2.45, 2.75) is 19.4 Å². The molecule has 1 aliphatic rings. The van der Waals surface area contributed by atoms with Gasteiger partial charge in [-0.25, -0.2) is 0 Å². The summed E-state index contributed by atoms with van der Waals surface area (Å²) in [5, 5.41) is 14.9. The molecule has 0 radical (unpaired) electrons. The third-order valence-electron chi connectivity index (χ3n) is 4.13. The zero-order valence-corrected chi connectivity index (χ0v) is 15.0. The van der Waals surface area contributed by atoms with Gasteiger partial charge in [-0.05, 0) is 36.6 Å². The number of amides is 2. The average molecular weight is 389 g/mol. The van der Waals surface area contributed by atoms with Gasteiger partial charge >= 0.3 is 0 Å². The maximum atomic E-state index is 12.1. The first kappa shape index (κ1) is 18.7. The molecule has 1 saturated carbocycles. The quantitative estimate of drug-likeness (QED) is 0.520. The van der Waals surface area contributed by atoms with Crippen LogP contribution >= 0.6 is 11.6 Å². The fraction of sp³-hybridized carbons (Fsp3) is 0.222. The van der Waals surface area contributed by atoms with E-state index in [-0.39, 0.29) is 28.8 Å². The molecule has 2 amide bonds. The molecule has 9 heteroatoms. The highest BCUT2D eigenvalue weighted by atomic mass is 35.5. The molecule has 27 heavy (non-hydrogen) atoms. The molecule has 0 atom stereocenters. The Morgan fingerprint density at radius 2 is 1.89 bits per heavy atom. The fourth-order valence-corrected chi connectivity index (χ4v) is 2.65. The van der Waals surface area contributed by atoms with Crippen LogP contribution in [0.3, 0.4) is 0 Å². The number of nitro benzene ring substituents is 1. The third-order valence-corrected chi connectivity index (χ3v) is 4.50. The minimum Gasteiger partial charge on any atom is -0.375 e. The Balaban J connectivity index is 1.70. The summed E-state index contributed by atoms with van der Waals surface area (Å²) in [6.07, 6.45) is 1.61. The number of hydrazine groups is 1. The van der Waals surface area contributed by atoms with Crippen molar-refractivity contribution in [1.82, 2.24) is 10.9 Å². The number of nitrogens with one attached hydrogen (secondary N) is 3. The van der Waals surface area contributed by atoms with Crippen LogP contribution in [-0.2, 0) is 11.3 Å². The zero-order valence-electron chi connectivity index (χ0n) is 14.2. The molecule has 2 aromatic carbocycles. The van der Waals surface area contributed by atoms with E-state index in [0.717, 1.165) is 24.5 Å². The van der Waals surface area contributed by atoms with Gasteiger partial charge in [0.25, 0.3) is 11.6 Å². The van der Waals surface area contributed by atoms with E-state index in [4.69, 9.17) is 11.6 Å². The number of nitrogens with zero attached hydrogens (tertiary/aromatic N) is 1. The van der Waals surface area contributed by atoms with Crippen LogP contribution in [0, 0.1) is 16.0 Å². The summed E-state index contributed by atoms with van der Waals surface area (Å²) >= 11 is 6.09. The van der Waals surface area contributed by atoms with Crippen molar-refractivity contribution in [2.24, 2.45) is 5.92 Å². The number of hydrogen-bond acceptors (Lipinski definition) is 5. The Kier molecular flexibility index (Phi) is 5.56. The van der Waals surface area contributed by atoms with Gasteiger partial charge in [-0.3, -0.25) is 30.6 Å². The Morgan fingerprint density at radius 1 is 1.15 bits per heavy atom. The van der Waals surface area contributed by atoms with Crippen molar-refractivity contribution in [3.63, 3.8) is 0 Å². The summed E-state index contributed by atoms with van der Waals surface area (Å²) in [6, 6.07) is 11.2. The largest absolute Gasteiger partial charge is 0.375 e. The monoisotopic (exact) mass is 388 g/mol. The highest BCUT2D eigenvalue weighted by Crippen LogP contribution is 2.29. The molecule has 140 valence electrons. The fourth-order valence-electron chi connectivity index (χ4n) is 2.44. The summed E-state index contributed by atoms with van der Waals surface area (Å²) in [6.45, 7) is 0.295. The number of hydrogen-bond donors (Lipinski definition) is 3. The molecule has 1 aliphatic carbocycles. The number of carbonyl (C=O) groups is 2. The van der Waals surface area contributed by atoms with Crippen molar-refractivity contribution in [3.05, 3.63) is 68.7 Å². The topological polar surface area (TPSA) is 113 Å². The smallest absolute Gasteiger partial charge is 0.293 e. The Labute approximate surface area is 160 Å². The molecule has 1 fully saturated rings. The molecule has 3 N–H and O–H groups in total. The van der Waals surface area contributed by atoms with E-state index in [1.54, 1.807) is 12.1 Å². The Morgan fingerprint density at radius 3 is 2.56 bits per heavy atom. The van der Waals surface area contributed by atoms with E-state index in [9.17, 15) is 19.7 Å². The van der Waals surface area contributed by atoms with Crippen LogP contribution in [0.15, 0.2) is 42.5 Å². The molecular weight excluding hydrogens is 372 g/mol. The predicted octanol–water partition coefficient (Wildman–Crippen LogP) is 3.03. The Hall–Kier alpha value is -3.13. The van der Waals surface area contributed by atoms with Crippen LogP contribution < -0.4 is 16.2 Å². The van der Waals surface area contributed by atoms with Crippen molar-refractivity contribution in [2.75, 3.05) is 5.32 Å². The first-order chi connectivity index (χ1) is 13.0. The SMILES string of the molecule is O=C(NNC(=O)C1CC1)c1ccc(NCc2ccccc2Cl)c([N+](=O)[O-])c1. The number of nitro groups is 1. The number of anilines is 1. The van der Waals surface area contributed by atoms with Gasteiger partial charge in [0.2, 0.25) is 5.91 Å². The first-order valence-corrected chi connectivity index (χ1v) is 8.69. The minimum atomic E-state index is -0.621. The molecule has 2 aromatic rings. The van der Waals surface area contributed by atoms with E-state index in [2.05, 4.69) is 16.2 Å². The highest BCUT2D eigenvalue weighted by molar-refractivity contribution is 6.31. The van der Waals surface area contributed by atoms with Gasteiger partial charge in [0.1, 0.15) is 5.69 Å². The van der Waals surface area contributed by atoms with E-state index >= 15 is 0 Å². The number of halogens is 1. The van der Waals surface area contributed by atoms with Gasteiger partial charge in [-0.15, -0.1) is 0 Å². The normalized spacial score (nSPS) is 12.9. The molecular formula is C18H17ClN4O4. The van der Waals surface area contributed by atoms with Gasteiger partial charge in [0.05, 0.1) is 4.92 Å². The van der Waals surface area contributed by atoms with Gasteiger partial charge in [-0.2, -0.15) is 0 Å². The molecule has 0 unspecified atom stereocenters. The standard InChI is InChI=1S/C18H17ClN4O4/c19-14-4-2-1-3-13(14)10-20-15-8-7-12(9-16(15)23(26)27)18(25)22-21-17(24)11-5-6-11/h1-4,7-9,11,20H,5-6,10H2,(H,21,24)(H,22,25). The van der Waals surface area contributed by atoms with Crippen molar-refractivity contribution in [1.29, 1.82) is 0 Å². The van der Waals surface area contributed by atoms with Crippen LogP contribution in [0.4, 0.5) is 11.4 Å². The maximum absolute atomic E-state index is 12.1. The van der Waals surface area contributed by atoms with Crippen molar-refractivity contribution >= 4 is 34.8 Å². The maximum Gasteiger partial charge on any atom is 0.293 e. The Bertz CT molecular complexity index is 899. The molecule has 0 aliphatic heterocycles. The van der Waals surface area contributed by atoms with Crippen molar-refractivity contribution < 1.29 is 14.5 Å². The summed E-state index contributed by atoms with van der Waals surface area (Å²) < 4.78 is 0. The summed E-state index contributed by atoms with van der Waals surface area (Å²) in [7, 11) is 0. The van der Waals surface area contributed by atoms with Crippen LogP contribution in [0.5, 0.6) is 0 Å². The number of carbonyl (C=O) groups excluding carboxylic acids is 2. The average Bonchev–Trinajstić information content (AvgIpc) is 3.50. The van der Waals surface area contributed by atoms with Crippen LogP contribution in [-0.4, -0.2) is 16.7 Å². The molecule has 8 nitrogen and oxygen atoms in total. The van der Waals surface area contributed by atoms with Crippen LogP contribution in [0.1, 0.15) is 28.8 Å².